The Labute approximate surface area is 157 Å². The van der Waals surface area contributed by atoms with Crippen LogP contribution < -0.4 is 15.2 Å². The van der Waals surface area contributed by atoms with E-state index in [0.717, 1.165) is 12.3 Å². The zero-order valence-electron chi connectivity index (χ0n) is 14.8. The number of methoxy groups -OCH3 is 1. The third-order valence-corrected chi connectivity index (χ3v) is 4.21. The number of aromatic nitrogens is 2. The van der Waals surface area contributed by atoms with Gasteiger partial charge in [-0.1, -0.05) is 12.1 Å². The minimum absolute atomic E-state index is 0.410. The van der Waals surface area contributed by atoms with E-state index in [0.29, 0.717) is 11.4 Å². The maximum absolute atomic E-state index is 6.84. The molecule has 5 N–H and O–H groups in total. The highest BCUT2D eigenvalue weighted by Gasteiger charge is 1.97. The zero-order chi connectivity index (χ0) is 18.8. The standard InChI is InChI=1S/C13H16N2OS.C6H7N3/c1-10-7-13(9-14-10)17-15-8-11-3-5-12(16-2)6-4-11;7-4-5-2-1-3-9-6(5)8/h3-7,9,14-15H,8H2,1-2H3;1-4,7H,(H2,8,9). The van der Waals surface area contributed by atoms with Gasteiger partial charge in [0.1, 0.15) is 11.6 Å². The third kappa shape index (κ3) is 6.27. The molecule has 2 aromatic heterocycles. The van der Waals surface area contributed by atoms with Crippen molar-refractivity contribution in [1.29, 1.82) is 5.41 Å². The Kier molecular flexibility index (Phi) is 7.73. The van der Waals surface area contributed by atoms with E-state index in [1.165, 1.54) is 22.4 Å². The van der Waals surface area contributed by atoms with E-state index in [-0.39, 0.29) is 0 Å². The number of benzene rings is 1. The number of anilines is 1. The first-order chi connectivity index (χ1) is 12.6. The molecule has 0 amide bonds. The van der Waals surface area contributed by atoms with Crippen LogP contribution in [-0.4, -0.2) is 23.3 Å². The molecule has 0 aliphatic heterocycles. The van der Waals surface area contributed by atoms with Gasteiger partial charge in [0, 0.05) is 41.3 Å². The quantitative estimate of drug-likeness (QED) is 0.391. The Morgan fingerprint density at radius 2 is 2.08 bits per heavy atom. The summed E-state index contributed by atoms with van der Waals surface area (Å²) in [6.45, 7) is 2.88. The van der Waals surface area contributed by atoms with Crippen molar-refractivity contribution >= 4 is 24.0 Å². The van der Waals surface area contributed by atoms with Gasteiger partial charge in [0.15, 0.2) is 0 Å². The van der Waals surface area contributed by atoms with Gasteiger partial charge in [-0.05, 0) is 54.8 Å². The molecule has 7 heteroatoms. The number of nitrogens with two attached hydrogens (primary N) is 1. The minimum Gasteiger partial charge on any atom is -0.497 e. The minimum atomic E-state index is 0.410. The van der Waals surface area contributed by atoms with Gasteiger partial charge in [-0.3, -0.25) is 4.72 Å². The molecule has 0 bridgehead atoms. The van der Waals surface area contributed by atoms with Gasteiger partial charge in [0.25, 0.3) is 0 Å². The van der Waals surface area contributed by atoms with Crippen LogP contribution in [0, 0.1) is 12.3 Å². The molecule has 6 nitrogen and oxygen atoms in total. The van der Waals surface area contributed by atoms with Gasteiger partial charge in [-0.25, -0.2) is 4.98 Å². The fraction of sp³-hybridized carbons (Fsp3) is 0.158. The number of pyridine rings is 1. The molecule has 2 heterocycles. The van der Waals surface area contributed by atoms with Crippen LogP contribution in [0.25, 0.3) is 0 Å². The SMILES string of the molecule is COc1ccc(CNSc2c[nH]c(C)c2)cc1.N=Cc1cccnc1N. The predicted molar refractivity (Wildman–Crippen MR) is 108 cm³/mol. The first-order valence-electron chi connectivity index (χ1n) is 8.01. The Bertz CT molecular complexity index is 817. The van der Waals surface area contributed by atoms with Crippen molar-refractivity contribution in [2.75, 3.05) is 12.8 Å². The lowest BCUT2D eigenvalue weighted by Gasteiger charge is -2.04. The molecular formula is C19H23N5OS. The highest BCUT2D eigenvalue weighted by molar-refractivity contribution is 7.97. The van der Waals surface area contributed by atoms with Gasteiger partial charge in [0.05, 0.1) is 7.11 Å². The summed E-state index contributed by atoms with van der Waals surface area (Å²) < 4.78 is 8.44. The third-order valence-electron chi connectivity index (χ3n) is 3.45. The van der Waals surface area contributed by atoms with E-state index in [1.54, 1.807) is 37.4 Å². The van der Waals surface area contributed by atoms with E-state index in [2.05, 4.69) is 32.9 Å². The van der Waals surface area contributed by atoms with Crippen molar-refractivity contribution in [3.63, 3.8) is 0 Å². The largest absolute Gasteiger partial charge is 0.497 e. The number of ether oxygens (including phenoxy) is 1. The molecule has 26 heavy (non-hydrogen) atoms. The highest BCUT2D eigenvalue weighted by atomic mass is 32.2. The van der Waals surface area contributed by atoms with Crippen molar-refractivity contribution in [2.24, 2.45) is 0 Å². The van der Waals surface area contributed by atoms with Crippen molar-refractivity contribution in [3.8, 4) is 5.75 Å². The van der Waals surface area contributed by atoms with Gasteiger partial charge in [-0.2, -0.15) is 0 Å². The van der Waals surface area contributed by atoms with Crippen LogP contribution in [0.1, 0.15) is 16.8 Å². The molecule has 3 aromatic rings. The number of rotatable bonds is 6. The number of hydrogen-bond donors (Lipinski definition) is 4. The lowest BCUT2D eigenvalue weighted by atomic mass is 10.2. The number of aryl methyl sites for hydroxylation is 1. The molecule has 0 radical (unpaired) electrons. The van der Waals surface area contributed by atoms with Crippen LogP contribution in [0.2, 0.25) is 0 Å². The molecular weight excluding hydrogens is 346 g/mol. The summed E-state index contributed by atoms with van der Waals surface area (Å²) in [4.78, 5) is 8.14. The normalized spacial score (nSPS) is 9.92. The summed E-state index contributed by atoms with van der Waals surface area (Å²) in [5, 5.41) is 6.84. The average molecular weight is 369 g/mol. The number of nitrogens with zero attached hydrogens (tertiary/aromatic N) is 1. The summed E-state index contributed by atoms with van der Waals surface area (Å²) in [5.41, 5.74) is 8.45. The monoisotopic (exact) mass is 369 g/mol. The van der Waals surface area contributed by atoms with Crippen LogP contribution in [0.3, 0.4) is 0 Å². The second kappa shape index (κ2) is 10.3. The van der Waals surface area contributed by atoms with Crippen LogP contribution in [0.15, 0.2) is 59.8 Å². The molecule has 0 saturated carbocycles. The maximum Gasteiger partial charge on any atom is 0.132 e. The first kappa shape index (κ1) is 19.6. The van der Waals surface area contributed by atoms with Crippen molar-refractivity contribution < 1.29 is 4.74 Å². The zero-order valence-corrected chi connectivity index (χ0v) is 15.6. The Morgan fingerprint density at radius 1 is 1.31 bits per heavy atom. The second-order valence-corrected chi connectivity index (χ2v) is 6.38. The lowest BCUT2D eigenvalue weighted by Crippen LogP contribution is -2.02. The lowest BCUT2D eigenvalue weighted by molar-refractivity contribution is 0.414. The van der Waals surface area contributed by atoms with Crippen molar-refractivity contribution in [1.82, 2.24) is 14.7 Å². The Balaban J connectivity index is 0.000000228. The molecule has 3 rings (SSSR count). The van der Waals surface area contributed by atoms with Crippen LogP contribution in [0.4, 0.5) is 5.82 Å². The molecule has 0 unspecified atom stereocenters. The first-order valence-corrected chi connectivity index (χ1v) is 8.82. The topological polar surface area (TPSA) is 99.8 Å². The molecule has 0 aliphatic rings. The van der Waals surface area contributed by atoms with Crippen LogP contribution in [-0.2, 0) is 6.54 Å². The van der Waals surface area contributed by atoms with Gasteiger partial charge < -0.3 is 20.9 Å². The molecule has 0 aliphatic carbocycles. The smallest absolute Gasteiger partial charge is 0.132 e. The summed E-state index contributed by atoms with van der Waals surface area (Å²) in [5.74, 6) is 1.30. The van der Waals surface area contributed by atoms with E-state index < -0.39 is 0 Å². The fourth-order valence-electron chi connectivity index (χ4n) is 2.04. The number of H-pyrrole nitrogens is 1. The Hall–Kier alpha value is -2.77. The molecule has 0 atom stereocenters. The van der Waals surface area contributed by atoms with Crippen molar-refractivity contribution in [3.05, 3.63) is 71.7 Å². The second-order valence-electron chi connectivity index (χ2n) is 5.41. The number of hydrogen-bond acceptors (Lipinski definition) is 6. The van der Waals surface area contributed by atoms with Gasteiger partial charge in [0.2, 0.25) is 0 Å². The van der Waals surface area contributed by atoms with Gasteiger partial charge in [-0.15, -0.1) is 0 Å². The van der Waals surface area contributed by atoms with Crippen molar-refractivity contribution in [2.45, 2.75) is 18.4 Å². The van der Waals surface area contributed by atoms with Gasteiger partial charge >= 0.3 is 0 Å². The Morgan fingerprint density at radius 3 is 2.62 bits per heavy atom. The summed E-state index contributed by atoms with van der Waals surface area (Å²) in [6.07, 6.45) is 4.78. The molecule has 136 valence electrons. The van der Waals surface area contributed by atoms with E-state index in [4.69, 9.17) is 15.9 Å². The number of nitrogens with one attached hydrogen (secondary N) is 3. The number of nitrogen functional groups attached to an aromatic ring is 1. The molecule has 0 fully saturated rings. The summed E-state index contributed by atoms with van der Waals surface area (Å²) >= 11 is 1.63. The predicted octanol–water partition coefficient (Wildman–Crippen LogP) is 3.79. The maximum atomic E-state index is 6.84. The van der Waals surface area contributed by atoms with E-state index >= 15 is 0 Å². The van der Waals surface area contributed by atoms with E-state index in [9.17, 15) is 0 Å². The molecule has 0 spiro atoms. The molecule has 1 aromatic carbocycles. The summed E-state index contributed by atoms with van der Waals surface area (Å²) in [6, 6.07) is 13.7. The number of aromatic amines is 1. The average Bonchev–Trinajstić information content (AvgIpc) is 3.08. The van der Waals surface area contributed by atoms with E-state index in [1.807, 2.05) is 25.3 Å². The fourth-order valence-corrected chi connectivity index (χ4v) is 2.80. The van der Waals surface area contributed by atoms with Crippen LogP contribution >= 0.6 is 11.9 Å². The highest BCUT2D eigenvalue weighted by Crippen LogP contribution is 2.17. The molecule has 0 saturated heterocycles. The summed E-state index contributed by atoms with van der Waals surface area (Å²) in [7, 11) is 1.68. The van der Waals surface area contributed by atoms with Crippen LogP contribution in [0.5, 0.6) is 5.75 Å².